The summed E-state index contributed by atoms with van der Waals surface area (Å²) in [6, 6.07) is 12.2. The van der Waals surface area contributed by atoms with E-state index in [9.17, 15) is 4.79 Å². The van der Waals surface area contributed by atoms with Crippen LogP contribution in [0.3, 0.4) is 0 Å². The molecule has 0 spiro atoms. The Balaban J connectivity index is 1.42. The van der Waals surface area contributed by atoms with E-state index in [1.807, 2.05) is 36.1 Å². The molecule has 0 atom stereocenters. The Labute approximate surface area is 162 Å². The van der Waals surface area contributed by atoms with E-state index >= 15 is 0 Å². The van der Waals surface area contributed by atoms with Crippen molar-refractivity contribution in [3.8, 4) is 0 Å². The predicted octanol–water partition coefficient (Wildman–Crippen LogP) is 3.65. The van der Waals surface area contributed by atoms with Gasteiger partial charge in [0.1, 0.15) is 11.4 Å². The molecule has 5 rings (SSSR count). The largest absolute Gasteiger partial charge is 0.450 e. The van der Waals surface area contributed by atoms with Crippen LogP contribution in [0, 0.1) is 6.92 Å². The van der Waals surface area contributed by atoms with E-state index in [2.05, 4.69) is 27.0 Å². The first-order valence-corrected chi connectivity index (χ1v) is 9.43. The molecule has 2 aromatic heterocycles. The Morgan fingerprint density at radius 1 is 1.00 bits per heavy atom. The van der Waals surface area contributed by atoms with Gasteiger partial charge in [-0.3, -0.25) is 9.78 Å². The van der Waals surface area contributed by atoms with Gasteiger partial charge in [-0.2, -0.15) is 0 Å². The Morgan fingerprint density at radius 3 is 2.61 bits per heavy atom. The SMILES string of the molecule is Cc1c(C(=O)N2CCN(c3cnccn3)CC2)oc2c1ccc1ccccc12. The third-order valence-electron chi connectivity index (χ3n) is 5.46. The molecule has 1 amide bonds. The van der Waals surface area contributed by atoms with Gasteiger partial charge in [0.25, 0.3) is 5.91 Å². The molecule has 6 nitrogen and oxygen atoms in total. The lowest BCUT2D eigenvalue weighted by atomic mass is 10.1. The highest BCUT2D eigenvalue weighted by molar-refractivity contribution is 6.08. The fourth-order valence-electron chi connectivity index (χ4n) is 3.89. The maximum atomic E-state index is 13.2. The Morgan fingerprint density at radius 2 is 1.82 bits per heavy atom. The van der Waals surface area contributed by atoms with Gasteiger partial charge in [0, 0.05) is 54.9 Å². The lowest BCUT2D eigenvalue weighted by molar-refractivity contribution is 0.0716. The summed E-state index contributed by atoms with van der Waals surface area (Å²) in [5.41, 5.74) is 1.69. The van der Waals surface area contributed by atoms with Crippen molar-refractivity contribution in [1.82, 2.24) is 14.9 Å². The molecule has 140 valence electrons. The first-order chi connectivity index (χ1) is 13.7. The number of carbonyl (C=O) groups excluding carboxylic acids is 1. The maximum absolute atomic E-state index is 13.2. The fourth-order valence-corrected chi connectivity index (χ4v) is 3.89. The number of hydrogen-bond acceptors (Lipinski definition) is 5. The maximum Gasteiger partial charge on any atom is 0.290 e. The van der Waals surface area contributed by atoms with Crippen LogP contribution in [0.4, 0.5) is 5.82 Å². The van der Waals surface area contributed by atoms with Gasteiger partial charge in [-0.15, -0.1) is 0 Å². The van der Waals surface area contributed by atoms with Crippen molar-refractivity contribution in [2.75, 3.05) is 31.1 Å². The van der Waals surface area contributed by atoms with Crippen LogP contribution >= 0.6 is 0 Å². The van der Waals surface area contributed by atoms with Crippen LogP contribution in [0.15, 0.2) is 59.4 Å². The molecule has 0 unspecified atom stereocenters. The van der Waals surface area contributed by atoms with Crippen molar-refractivity contribution < 1.29 is 9.21 Å². The number of rotatable bonds is 2. The molecule has 1 aliphatic rings. The number of fused-ring (bicyclic) bond motifs is 3. The Bertz CT molecular complexity index is 1160. The van der Waals surface area contributed by atoms with Crippen LogP contribution in [0.25, 0.3) is 21.7 Å². The number of benzene rings is 2. The molecule has 0 saturated carbocycles. The van der Waals surface area contributed by atoms with Crippen LogP contribution in [0.2, 0.25) is 0 Å². The second-order valence-electron chi connectivity index (χ2n) is 7.06. The molecule has 4 aromatic rings. The molecular formula is C22H20N4O2. The van der Waals surface area contributed by atoms with E-state index in [4.69, 9.17) is 4.42 Å². The summed E-state index contributed by atoms with van der Waals surface area (Å²) in [4.78, 5) is 25.6. The lowest BCUT2D eigenvalue weighted by Gasteiger charge is -2.34. The molecule has 0 N–H and O–H groups in total. The van der Waals surface area contributed by atoms with Crippen molar-refractivity contribution in [3.63, 3.8) is 0 Å². The van der Waals surface area contributed by atoms with E-state index in [0.717, 1.165) is 46.2 Å². The average Bonchev–Trinajstić information content (AvgIpc) is 3.11. The van der Waals surface area contributed by atoms with Gasteiger partial charge in [-0.25, -0.2) is 4.98 Å². The molecule has 2 aromatic carbocycles. The Hall–Kier alpha value is -3.41. The van der Waals surface area contributed by atoms with Crippen molar-refractivity contribution in [3.05, 3.63) is 66.3 Å². The number of anilines is 1. The zero-order valence-electron chi connectivity index (χ0n) is 15.6. The zero-order chi connectivity index (χ0) is 19.1. The first kappa shape index (κ1) is 16.7. The van der Waals surface area contributed by atoms with Crippen LogP contribution in [-0.4, -0.2) is 47.0 Å². The first-order valence-electron chi connectivity index (χ1n) is 9.43. The number of amides is 1. The highest BCUT2D eigenvalue weighted by Gasteiger charge is 2.27. The number of carbonyl (C=O) groups is 1. The van der Waals surface area contributed by atoms with Gasteiger partial charge >= 0.3 is 0 Å². The van der Waals surface area contributed by atoms with E-state index in [-0.39, 0.29) is 5.91 Å². The van der Waals surface area contributed by atoms with Crippen LogP contribution < -0.4 is 4.90 Å². The van der Waals surface area contributed by atoms with Crippen molar-refractivity contribution in [2.24, 2.45) is 0 Å². The minimum atomic E-state index is -0.0448. The summed E-state index contributed by atoms with van der Waals surface area (Å²) in [6.07, 6.45) is 5.11. The summed E-state index contributed by atoms with van der Waals surface area (Å²) in [6.45, 7) is 4.68. The summed E-state index contributed by atoms with van der Waals surface area (Å²) in [7, 11) is 0. The lowest BCUT2D eigenvalue weighted by Crippen LogP contribution is -2.49. The molecule has 0 bridgehead atoms. The number of piperazine rings is 1. The number of furan rings is 1. The van der Waals surface area contributed by atoms with E-state index in [0.29, 0.717) is 18.8 Å². The van der Waals surface area contributed by atoms with Gasteiger partial charge in [0.2, 0.25) is 0 Å². The number of aromatic nitrogens is 2. The highest BCUT2D eigenvalue weighted by Crippen LogP contribution is 2.32. The summed E-state index contributed by atoms with van der Waals surface area (Å²) < 4.78 is 6.11. The monoisotopic (exact) mass is 372 g/mol. The summed E-state index contributed by atoms with van der Waals surface area (Å²) in [5.74, 6) is 1.25. The second-order valence-corrected chi connectivity index (χ2v) is 7.06. The zero-order valence-corrected chi connectivity index (χ0v) is 15.6. The fraction of sp³-hybridized carbons (Fsp3) is 0.227. The second kappa shape index (κ2) is 6.64. The van der Waals surface area contributed by atoms with Crippen molar-refractivity contribution >= 4 is 33.5 Å². The van der Waals surface area contributed by atoms with E-state index in [1.54, 1.807) is 18.6 Å². The molecule has 28 heavy (non-hydrogen) atoms. The standard InChI is InChI=1S/C22H20N4O2/c1-15-17-7-6-16-4-2-3-5-18(16)21(17)28-20(15)22(27)26-12-10-25(11-13-26)19-14-23-8-9-24-19/h2-9,14H,10-13H2,1H3. The topological polar surface area (TPSA) is 62.5 Å². The van der Waals surface area contributed by atoms with Crippen molar-refractivity contribution in [2.45, 2.75) is 6.92 Å². The molecule has 1 fully saturated rings. The van der Waals surface area contributed by atoms with Gasteiger partial charge in [0.15, 0.2) is 5.76 Å². The number of nitrogens with zero attached hydrogens (tertiary/aromatic N) is 4. The smallest absolute Gasteiger partial charge is 0.290 e. The number of hydrogen-bond donors (Lipinski definition) is 0. The van der Waals surface area contributed by atoms with Crippen molar-refractivity contribution in [1.29, 1.82) is 0 Å². The average molecular weight is 372 g/mol. The van der Waals surface area contributed by atoms with Gasteiger partial charge in [-0.05, 0) is 12.3 Å². The molecule has 0 aliphatic carbocycles. The summed E-state index contributed by atoms with van der Waals surface area (Å²) in [5, 5.41) is 3.15. The minimum absolute atomic E-state index is 0.0448. The molecule has 0 radical (unpaired) electrons. The molecule has 6 heteroatoms. The number of aryl methyl sites for hydroxylation is 1. The molecule has 1 aliphatic heterocycles. The van der Waals surface area contributed by atoms with Crippen LogP contribution in [0.1, 0.15) is 16.1 Å². The summed E-state index contributed by atoms with van der Waals surface area (Å²) >= 11 is 0. The van der Waals surface area contributed by atoms with Crippen LogP contribution in [0.5, 0.6) is 0 Å². The van der Waals surface area contributed by atoms with Gasteiger partial charge in [0.05, 0.1) is 6.20 Å². The normalized spacial score (nSPS) is 14.8. The third-order valence-corrected chi connectivity index (χ3v) is 5.46. The van der Waals surface area contributed by atoms with Gasteiger partial charge in [-0.1, -0.05) is 36.4 Å². The predicted molar refractivity (Wildman–Crippen MR) is 109 cm³/mol. The Kier molecular flexibility index (Phi) is 3.97. The molecule has 3 heterocycles. The third kappa shape index (κ3) is 2.69. The quantitative estimate of drug-likeness (QED) is 0.537. The van der Waals surface area contributed by atoms with Crippen LogP contribution in [-0.2, 0) is 0 Å². The highest BCUT2D eigenvalue weighted by atomic mass is 16.3. The minimum Gasteiger partial charge on any atom is -0.450 e. The van der Waals surface area contributed by atoms with E-state index in [1.165, 1.54) is 0 Å². The van der Waals surface area contributed by atoms with Gasteiger partial charge < -0.3 is 14.2 Å². The van der Waals surface area contributed by atoms with E-state index < -0.39 is 0 Å². The molecular weight excluding hydrogens is 352 g/mol. The molecule has 1 saturated heterocycles.